The van der Waals surface area contributed by atoms with E-state index in [1.807, 2.05) is 18.2 Å². The molecule has 4 rings (SSSR count). The van der Waals surface area contributed by atoms with Crippen molar-refractivity contribution in [1.82, 2.24) is 10.6 Å². The molecule has 4 atom stereocenters. The van der Waals surface area contributed by atoms with Crippen molar-refractivity contribution in [3.05, 3.63) is 23.8 Å². The van der Waals surface area contributed by atoms with Gasteiger partial charge in [0.15, 0.2) is 16.6 Å². The molecule has 1 aliphatic heterocycles. The lowest BCUT2D eigenvalue weighted by atomic mass is 9.84. The van der Waals surface area contributed by atoms with Crippen LogP contribution < -0.4 is 20.1 Å². The van der Waals surface area contributed by atoms with Gasteiger partial charge in [0.25, 0.3) is 0 Å². The summed E-state index contributed by atoms with van der Waals surface area (Å²) in [5, 5.41) is 7.55. The number of fused-ring (bicyclic) bond motifs is 3. The van der Waals surface area contributed by atoms with Gasteiger partial charge in [-0.05, 0) is 73.9 Å². The van der Waals surface area contributed by atoms with Crippen molar-refractivity contribution < 1.29 is 9.47 Å². The second-order valence-electron chi connectivity index (χ2n) is 7.14. The highest BCUT2D eigenvalue weighted by Crippen LogP contribution is 2.49. The Labute approximate surface area is 142 Å². The number of nitrogens with one attached hydrogen (secondary N) is 2. The van der Waals surface area contributed by atoms with Crippen LogP contribution in [0.1, 0.15) is 38.2 Å². The fourth-order valence-corrected chi connectivity index (χ4v) is 4.76. The van der Waals surface area contributed by atoms with E-state index in [2.05, 4.69) is 17.6 Å². The Hall–Kier alpha value is -1.49. The highest BCUT2D eigenvalue weighted by Gasteiger charge is 2.41. The Morgan fingerprint density at radius 2 is 2.13 bits per heavy atom. The summed E-state index contributed by atoms with van der Waals surface area (Å²) < 4.78 is 10.7. The maximum atomic E-state index is 5.47. The maximum Gasteiger partial charge on any atom is 0.231 e. The SMILES string of the molecule is C[C@@H](NC(=S)NCc1ccc2c(c1)OCO2)[C@H]1C[C@H]2CC[C@H]1C2. The van der Waals surface area contributed by atoms with Gasteiger partial charge in [-0.15, -0.1) is 0 Å². The summed E-state index contributed by atoms with van der Waals surface area (Å²) in [6, 6.07) is 6.47. The predicted molar refractivity (Wildman–Crippen MR) is 93.5 cm³/mol. The van der Waals surface area contributed by atoms with Crippen molar-refractivity contribution in [2.75, 3.05) is 6.79 Å². The molecule has 0 amide bonds. The fourth-order valence-electron chi connectivity index (χ4n) is 4.50. The van der Waals surface area contributed by atoms with Crippen molar-refractivity contribution >= 4 is 17.3 Å². The Morgan fingerprint density at radius 3 is 2.91 bits per heavy atom. The van der Waals surface area contributed by atoms with Gasteiger partial charge in [0.05, 0.1) is 0 Å². The highest BCUT2D eigenvalue weighted by atomic mass is 32.1. The topological polar surface area (TPSA) is 42.5 Å². The third-order valence-electron chi connectivity index (χ3n) is 5.68. The zero-order valence-corrected chi connectivity index (χ0v) is 14.3. The van der Waals surface area contributed by atoms with Crippen LogP contribution >= 0.6 is 12.2 Å². The Morgan fingerprint density at radius 1 is 1.26 bits per heavy atom. The van der Waals surface area contributed by atoms with E-state index in [4.69, 9.17) is 21.7 Å². The van der Waals surface area contributed by atoms with Gasteiger partial charge in [-0.2, -0.15) is 0 Å². The van der Waals surface area contributed by atoms with Crippen molar-refractivity contribution in [3.63, 3.8) is 0 Å². The van der Waals surface area contributed by atoms with Crippen LogP contribution in [0.25, 0.3) is 0 Å². The van der Waals surface area contributed by atoms with Gasteiger partial charge in [-0.1, -0.05) is 12.5 Å². The van der Waals surface area contributed by atoms with Crippen LogP contribution in [0.5, 0.6) is 11.5 Å². The molecular weight excluding hydrogens is 308 g/mol. The first-order chi connectivity index (χ1) is 11.2. The quantitative estimate of drug-likeness (QED) is 0.829. The molecule has 2 saturated carbocycles. The fraction of sp³-hybridized carbons (Fsp3) is 0.611. The lowest BCUT2D eigenvalue weighted by Crippen LogP contribution is -2.44. The maximum absolute atomic E-state index is 5.47. The monoisotopic (exact) mass is 332 g/mol. The molecule has 0 unspecified atom stereocenters. The number of rotatable bonds is 4. The molecule has 1 heterocycles. The minimum Gasteiger partial charge on any atom is -0.454 e. The van der Waals surface area contributed by atoms with Gasteiger partial charge in [-0.3, -0.25) is 0 Å². The minimum absolute atomic E-state index is 0.313. The Balaban J connectivity index is 1.27. The van der Waals surface area contributed by atoms with Gasteiger partial charge >= 0.3 is 0 Å². The second-order valence-corrected chi connectivity index (χ2v) is 7.55. The number of benzene rings is 1. The molecule has 4 nitrogen and oxygen atoms in total. The zero-order chi connectivity index (χ0) is 15.8. The molecule has 124 valence electrons. The number of hydrogen-bond acceptors (Lipinski definition) is 3. The first kappa shape index (κ1) is 15.1. The number of hydrogen-bond donors (Lipinski definition) is 2. The van der Waals surface area contributed by atoms with Crippen LogP contribution in [0.3, 0.4) is 0 Å². The van der Waals surface area contributed by atoms with Crippen LogP contribution in [0, 0.1) is 17.8 Å². The summed E-state index contributed by atoms with van der Waals surface area (Å²) >= 11 is 5.47. The number of thiocarbonyl (C=S) groups is 1. The molecule has 2 N–H and O–H groups in total. The van der Waals surface area contributed by atoms with Crippen LogP contribution in [-0.2, 0) is 6.54 Å². The van der Waals surface area contributed by atoms with E-state index >= 15 is 0 Å². The molecule has 23 heavy (non-hydrogen) atoms. The summed E-state index contributed by atoms with van der Waals surface area (Å²) in [5.41, 5.74) is 1.14. The summed E-state index contributed by atoms with van der Waals surface area (Å²) in [6.45, 7) is 3.29. The minimum atomic E-state index is 0.313. The molecule has 2 bridgehead atoms. The third kappa shape index (κ3) is 3.11. The van der Waals surface area contributed by atoms with Gasteiger partial charge in [0.2, 0.25) is 6.79 Å². The molecule has 5 heteroatoms. The van der Waals surface area contributed by atoms with Gasteiger partial charge < -0.3 is 20.1 Å². The van der Waals surface area contributed by atoms with Gasteiger partial charge in [0, 0.05) is 12.6 Å². The molecule has 0 radical (unpaired) electrons. The molecule has 1 aromatic carbocycles. The van der Waals surface area contributed by atoms with Crippen LogP contribution in [0.4, 0.5) is 0 Å². The molecule has 1 aromatic rings. The van der Waals surface area contributed by atoms with E-state index in [1.54, 1.807) is 0 Å². The molecule has 2 aliphatic carbocycles. The summed E-state index contributed by atoms with van der Waals surface area (Å²) in [5.74, 6) is 4.32. The van der Waals surface area contributed by atoms with E-state index in [0.717, 1.165) is 39.9 Å². The molecule has 2 fully saturated rings. The normalized spacial score (nSPS) is 28.7. The van der Waals surface area contributed by atoms with E-state index in [1.165, 1.54) is 25.7 Å². The Bertz CT molecular complexity index is 607. The van der Waals surface area contributed by atoms with Crippen LogP contribution in [0.2, 0.25) is 0 Å². The first-order valence-corrected chi connectivity index (χ1v) is 9.03. The van der Waals surface area contributed by atoms with E-state index in [0.29, 0.717) is 19.4 Å². The van der Waals surface area contributed by atoms with E-state index < -0.39 is 0 Å². The van der Waals surface area contributed by atoms with Crippen molar-refractivity contribution in [3.8, 4) is 11.5 Å². The van der Waals surface area contributed by atoms with Crippen LogP contribution in [0.15, 0.2) is 18.2 Å². The summed E-state index contributed by atoms with van der Waals surface area (Å²) in [6.07, 6.45) is 5.68. The average Bonchev–Trinajstić information content (AvgIpc) is 3.28. The highest BCUT2D eigenvalue weighted by molar-refractivity contribution is 7.80. The first-order valence-electron chi connectivity index (χ1n) is 8.62. The second kappa shape index (κ2) is 6.19. The largest absolute Gasteiger partial charge is 0.454 e. The number of ether oxygens (including phenoxy) is 2. The van der Waals surface area contributed by atoms with Crippen LogP contribution in [-0.4, -0.2) is 17.9 Å². The zero-order valence-electron chi connectivity index (χ0n) is 13.5. The lowest BCUT2D eigenvalue weighted by molar-refractivity contribution is 0.174. The lowest BCUT2D eigenvalue weighted by Gasteiger charge is -2.29. The molecule has 3 aliphatic rings. The van der Waals surface area contributed by atoms with Crippen molar-refractivity contribution in [1.29, 1.82) is 0 Å². The standard InChI is InChI=1S/C18H24N2O2S/c1-11(15-7-12-2-4-14(15)6-12)20-18(23)19-9-13-3-5-16-17(8-13)22-10-21-16/h3,5,8,11-12,14-15H,2,4,6-7,9-10H2,1H3,(H2,19,20,23)/t11-,12+,14+,15-/m1/s1. The van der Waals surface area contributed by atoms with Crippen molar-refractivity contribution in [2.24, 2.45) is 17.8 Å². The van der Waals surface area contributed by atoms with E-state index in [-0.39, 0.29) is 0 Å². The molecular formula is C18H24N2O2S. The molecule has 0 saturated heterocycles. The molecule has 0 spiro atoms. The van der Waals surface area contributed by atoms with Gasteiger partial charge in [0.1, 0.15) is 0 Å². The predicted octanol–water partition coefficient (Wildman–Crippen LogP) is 3.20. The molecule has 0 aromatic heterocycles. The van der Waals surface area contributed by atoms with Crippen molar-refractivity contribution in [2.45, 2.75) is 45.2 Å². The summed E-state index contributed by atoms with van der Waals surface area (Å²) in [7, 11) is 0. The average molecular weight is 332 g/mol. The smallest absolute Gasteiger partial charge is 0.231 e. The summed E-state index contributed by atoms with van der Waals surface area (Å²) in [4.78, 5) is 0. The van der Waals surface area contributed by atoms with Gasteiger partial charge in [-0.25, -0.2) is 0 Å². The Kier molecular flexibility index (Phi) is 4.05. The third-order valence-corrected chi connectivity index (χ3v) is 5.95. The van der Waals surface area contributed by atoms with E-state index in [9.17, 15) is 0 Å².